The highest BCUT2D eigenvalue weighted by Crippen LogP contribution is 2.28. The van der Waals surface area contributed by atoms with Gasteiger partial charge >= 0.3 is 0 Å². The lowest BCUT2D eigenvalue weighted by molar-refractivity contribution is 0.0985. The first-order valence-corrected chi connectivity index (χ1v) is 7.00. The second kappa shape index (κ2) is 6.35. The summed E-state index contributed by atoms with van der Waals surface area (Å²) in [6, 6.07) is 5.55. The lowest BCUT2D eigenvalue weighted by atomic mass is 10.0. The van der Waals surface area contributed by atoms with Gasteiger partial charge in [-0.15, -0.1) is 0 Å². The molecule has 0 saturated carbocycles. The highest BCUT2D eigenvalue weighted by molar-refractivity contribution is 5.56. The predicted octanol–water partition coefficient (Wildman–Crippen LogP) is 2.33. The van der Waals surface area contributed by atoms with Gasteiger partial charge in [-0.2, -0.15) is 0 Å². The molecule has 2 atom stereocenters. The Morgan fingerprint density at radius 2 is 2.32 bits per heavy atom. The zero-order valence-corrected chi connectivity index (χ0v) is 11.7. The van der Waals surface area contributed by atoms with Crippen LogP contribution >= 0.6 is 0 Å². The first-order chi connectivity index (χ1) is 9.13. The molecule has 2 unspecified atom stereocenters. The number of nitrogens with two attached hydrogens (primary N) is 1. The molecule has 1 aromatic rings. The molecule has 1 aromatic carbocycles. The molecule has 1 aliphatic rings. The van der Waals surface area contributed by atoms with Gasteiger partial charge in [-0.3, -0.25) is 0 Å². The van der Waals surface area contributed by atoms with Gasteiger partial charge in [0.25, 0.3) is 0 Å². The number of ether oxygens (including phenoxy) is 1. The van der Waals surface area contributed by atoms with E-state index in [1.54, 1.807) is 6.07 Å². The molecule has 2 rings (SSSR count). The number of anilines is 1. The van der Waals surface area contributed by atoms with E-state index in [1.165, 1.54) is 6.07 Å². The van der Waals surface area contributed by atoms with Crippen LogP contribution in [0.5, 0.6) is 0 Å². The number of morpholine rings is 1. The van der Waals surface area contributed by atoms with Crippen molar-refractivity contribution in [2.24, 2.45) is 5.73 Å². The molecule has 106 valence electrons. The molecule has 1 aliphatic heterocycles. The maximum atomic E-state index is 14.2. The van der Waals surface area contributed by atoms with Gasteiger partial charge < -0.3 is 15.4 Å². The molecule has 1 fully saturated rings. The molecule has 4 heteroatoms. The van der Waals surface area contributed by atoms with E-state index in [4.69, 9.17) is 10.5 Å². The number of hydrogen-bond donors (Lipinski definition) is 1. The third-order valence-electron chi connectivity index (χ3n) is 3.73. The summed E-state index contributed by atoms with van der Waals surface area (Å²) in [5, 5.41) is 0. The van der Waals surface area contributed by atoms with E-state index in [0.29, 0.717) is 25.3 Å². The van der Waals surface area contributed by atoms with Crippen molar-refractivity contribution in [3.8, 4) is 0 Å². The minimum Gasteiger partial charge on any atom is -0.377 e. The Labute approximate surface area is 114 Å². The number of para-hydroxylation sites is 1. The van der Waals surface area contributed by atoms with Crippen LogP contribution in [0.3, 0.4) is 0 Å². The van der Waals surface area contributed by atoms with Gasteiger partial charge in [0.05, 0.1) is 18.9 Å². The average molecular weight is 266 g/mol. The zero-order valence-electron chi connectivity index (χ0n) is 11.7. The Bertz CT molecular complexity index is 425. The molecule has 2 N–H and O–H groups in total. The molecule has 3 nitrogen and oxygen atoms in total. The molecule has 0 aliphatic carbocycles. The van der Waals surface area contributed by atoms with Gasteiger partial charge in [-0.05, 0) is 31.4 Å². The highest BCUT2D eigenvalue weighted by atomic mass is 19.1. The number of hydrogen-bond acceptors (Lipinski definition) is 3. The molecule has 1 saturated heterocycles. The molecule has 0 radical (unpaired) electrons. The Morgan fingerprint density at radius 3 is 3.00 bits per heavy atom. The van der Waals surface area contributed by atoms with Crippen LogP contribution in [0, 0.1) is 5.82 Å². The summed E-state index contributed by atoms with van der Waals surface area (Å²) in [5.74, 6) is -0.158. The number of halogens is 1. The summed E-state index contributed by atoms with van der Waals surface area (Å²) in [5.41, 5.74) is 7.74. The normalized spacial score (nSPS) is 21.5. The Hall–Kier alpha value is -1.13. The topological polar surface area (TPSA) is 38.5 Å². The monoisotopic (exact) mass is 266 g/mol. The van der Waals surface area contributed by atoms with Crippen LogP contribution in [0.25, 0.3) is 0 Å². The molecule has 0 amide bonds. The Morgan fingerprint density at radius 1 is 1.53 bits per heavy atom. The second-order valence-electron chi connectivity index (χ2n) is 5.24. The number of benzene rings is 1. The Kier molecular flexibility index (Phi) is 4.77. The molecular weight excluding hydrogens is 243 g/mol. The summed E-state index contributed by atoms with van der Waals surface area (Å²) in [7, 11) is 0. The van der Waals surface area contributed by atoms with Crippen molar-refractivity contribution in [1.29, 1.82) is 0 Å². The van der Waals surface area contributed by atoms with E-state index in [1.807, 2.05) is 6.07 Å². The quantitative estimate of drug-likeness (QED) is 0.909. The lowest BCUT2D eigenvalue weighted by Gasteiger charge is -2.37. The summed E-state index contributed by atoms with van der Waals surface area (Å²) in [4.78, 5) is 2.11. The first kappa shape index (κ1) is 14.3. The van der Waals surface area contributed by atoms with Crippen molar-refractivity contribution in [3.05, 3.63) is 29.6 Å². The van der Waals surface area contributed by atoms with Gasteiger partial charge in [0.1, 0.15) is 5.82 Å². The van der Waals surface area contributed by atoms with Gasteiger partial charge in [-0.1, -0.05) is 19.1 Å². The molecular formula is C15H23FN2O. The van der Waals surface area contributed by atoms with Crippen LogP contribution in [-0.4, -0.2) is 31.8 Å². The van der Waals surface area contributed by atoms with Crippen LogP contribution in [0.1, 0.15) is 25.8 Å². The maximum Gasteiger partial charge on any atom is 0.146 e. The van der Waals surface area contributed by atoms with E-state index in [9.17, 15) is 4.39 Å². The van der Waals surface area contributed by atoms with Crippen molar-refractivity contribution in [2.45, 2.75) is 38.8 Å². The highest BCUT2D eigenvalue weighted by Gasteiger charge is 2.24. The SMILES string of the molecule is CCC(N)Cc1cccc(F)c1N1CCOCC1C. The van der Waals surface area contributed by atoms with Gasteiger partial charge in [0.2, 0.25) is 0 Å². The molecule has 0 spiro atoms. The van der Waals surface area contributed by atoms with Crippen molar-refractivity contribution in [2.75, 3.05) is 24.7 Å². The van der Waals surface area contributed by atoms with Crippen LogP contribution in [0.2, 0.25) is 0 Å². The zero-order chi connectivity index (χ0) is 13.8. The van der Waals surface area contributed by atoms with E-state index < -0.39 is 0 Å². The van der Waals surface area contributed by atoms with Crippen molar-refractivity contribution in [3.63, 3.8) is 0 Å². The first-order valence-electron chi connectivity index (χ1n) is 7.00. The third kappa shape index (κ3) is 3.25. The van der Waals surface area contributed by atoms with Crippen molar-refractivity contribution in [1.82, 2.24) is 0 Å². The molecule has 0 aromatic heterocycles. The Balaban J connectivity index is 2.31. The fourth-order valence-corrected chi connectivity index (χ4v) is 2.53. The minimum absolute atomic E-state index is 0.0805. The third-order valence-corrected chi connectivity index (χ3v) is 3.73. The molecule has 1 heterocycles. The van der Waals surface area contributed by atoms with E-state index in [0.717, 1.165) is 18.5 Å². The predicted molar refractivity (Wildman–Crippen MR) is 76.0 cm³/mol. The lowest BCUT2D eigenvalue weighted by Crippen LogP contribution is -2.44. The summed E-state index contributed by atoms with van der Waals surface area (Å²) in [6.45, 7) is 6.15. The van der Waals surface area contributed by atoms with E-state index >= 15 is 0 Å². The number of nitrogens with zero attached hydrogens (tertiary/aromatic N) is 1. The smallest absolute Gasteiger partial charge is 0.146 e. The van der Waals surface area contributed by atoms with Crippen LogP contribution < -0.4 is 10.6 Å². The maximum absolute atomic E-state index is 14.2. The van der Waals surface area contributed by atoms with E-state index in [2.05, 4.69) is 18.7 Å². The fourth-order valence-electron chi connectivity index (χ4n) is 2.53. The largest absolute Gasteiger partial charge is 0.377 e. The standard InChI is InChI=1S/C15H23FN2O/c1-3-13(17)9-12-5-4-6-14(16)15(12)18-7-8-19-10-11(18)2/h4-6,11,13H,3,7-10,17H2,1-2H3. The molecule has 19 heavy (non-hydrogen) atoms. The van der Waals surface area contributed by atoms with Crippen molar-refractivity contribution < 1.29 is 9.13 Å². The average Bonchev–Trinajstić information content (AvgIpc) is 2.40. The summed E-state index contributed by atoms with van der Waals surface area (Å²) in [6.07, 6.45) is 1.61. The van der Waals surface area contributed by atoms with E-state index in [-0.39, 0.29) is 17.9 Å². The van der Waals surface area contributed by atoms with Crippen LogP contribution in [-0.2, 0) is 11.2 Å². The van der Waals surface area contributed by atoms with Gasteiger partial charge in [0.15, 0.2) is 0 Å². The van der Waals surface area contributed by atoms with Gasteiger partial charge in [-0.25, -0.2) is 4.39 Å². The minimum atomic E-state index is -0.158. The number of rotatable bonds is 4. The van der Waals surface area contributed by atoms with Gasteiger partial charge in [0, 0.05) is 18.6 Å². The summed E-state index contributed by atoms with van der Waals surface area (Å²) >= 11 is 0. The van der Waals surface area contributed by atoms with Crippen LogP contribution in [0.15, 0.2) is 18.2 Å². The summed E-state index contributed by atoms with van der Waals surface area (Å²) < 4.78 is 19.7. The van der Waals surface area contributed by atoms with Crippen molar-refractivity contribution >= 4 is 5.69 Å². The fraction of sp³-hybridized carbons (Fsp3) is 0.600. The van der Waals surface area contributed by atoms with Crippen LogP contribution in [0.4, 0.5) is 10.1 Å². The second-order valence-corrected chi connectivity index (χ2v) is 5.24. The molecule has 0 bridgehead atoms.